The van der Waals surface area contributed by atoms with Crippen LogP contribution in [0, 0.1) is 23.7 Å². The van der Waals surface area contributed by atoms with Gasteiger partial charge in [0.05, 0.1) is 6.04 Å². The number of para-hydroxylation sites is 1. The number of H-pyrrole nitrogens is 1. The zero-order chi connectivity index (χ0) is 33.5. The van der Waals surface area contributed by atoms with E-state index < -0.39 is 0 Å². The van der Waals surface area contributed by atoms with Gasteiger partial charge in [-0.3, -0.25) is 0 Å². The number of nitrogens with one attached hydrogen (secondary N) is 1. The Morgan fingerprint density at radius 3 is 2.55 bits per heavy atom. The molecule has 5 aliphatic carbocycles. The quantitative estimate of drug-likeness (QED) is 0.275. The standard InChI is InChI=1S/C47H42N2S2/c1-2-12-32(13-3-1)49-41-20-7-4-14-34(41)35-16-10-15-33(46(35)49)30-24-26-44-39(28-30)47(38-25-23-31(29-45(38)51-44)40-19-11-27-48-40)36-17-5-8-21-42(36)50-43-22-9-6-18-37(43)47/h1-9,11-15,17,19-21,23-29,34,37-39,41,43-45,48H,10,16,18,22H2. The van der Waals surface area contributed by atoms with E-state index in [1.165, 1.54) is 38.7 Å². The van der Waals surface area contributed by atoms with Crippen molar-refractivity contribution in [3.05, 3.63) is 186 Å². The Bertz CT molecular complexity index is 2170. The van der Waals surface area contributed by atoms with Crippen LogP contribution in [0.15, 0.2) is 179 Å². The molecule has 1 fully saturated rings. The maximum absolute atomic E-state index is 3.50. The summed E-state index contributed by atoms with van der Waals surface area (Å²) in [6.07, 6.45) is 39.1. The molecule has 51 heavy (non-hydrogen) atoms. The van der Waals surface area contributed by atoms with Crippen LogP contribution in [-0.2, 0) is 5.41 Å². The molecule has 1 aromatic heterocycles. The number of allylic oxidation sites excluding steroid dienone is 11. The molecule has 252 valence electrons. The summed E-state index contributed by atoms with van der Waals surface area (Å²) in [6, 6.07) is 25.3. The van der Waals surface area contributed by atoms with Crippen LogP contribution in [0.4, 0.5) is 5.69 Å². The summed E-state index contributed by atoms with van der Waals surface area (Å²) in [6.45, 7) is 0. The molecule has 0 radical (unpaired) electrons. The van der Waals surface area contributed by atoms with Crippen LogP contribution < -0.4 is 4.90 Å². The first-order valence-corrected chi connectivity index (χ1v) is 20.7. The zero-order valence-electron chi connectivity index (χ0n) is 28.6. The predicted molar refractivity (Wildman–Crippen MR) is 216 cm³/mol. The van der Waals surface area contributed by atoms with Crippen molar-refractivity contribution >= 4 is 34.8 Å². The first-order chi connectivity index (χ1) is 25.3. The number of hydrogen-bond acceptors (Lipinski definition) is 3. The van der Waals surface area contributed by atoms with Crippen molar-refractivity contribution in [3.8, 4) is 0 Å². The first kappa shape index (κ1) is 30.5. The lowest BCUT2D eigenvalue weighted by molar-refractivity contribution is 0.122. The Labute approximate surface area is 310 Å². The average molecular weight is 699 g/mol. The van der Waals surface area contributed by atoms with Gasteiger partial charge in [-0.05, 0) is 84.2 Å². The molecule has 2 aromatic carbocycles. The van der Waals surface area contributed by atoms with E-state index in [9.17, 15) is 0 Å². The molecule has 11 rings (SSSR count). The molecule has 0 amide bonds. The summed E-state index contributed by atoms with van der Waals surface area (Å²) in [5.41, 5.74) is 11.4. The van der Waals surface area contributed by atoms with Gasteiger partial charge in [0.1, 0.15) is 0 Å². The molecular formula is C47H42N2S2. The SMILES string of the molecule is C1=CC2C3=C(C(C4=CC5C(C=C4)SC4C=C(c6ccc[nH]6)C=CC4C54c5ccccc5SC5CC=CCC54)=CCC3)N(c3ccccc3)C2C=C1. The lowest BCUT2D eigenvalue weighted by atomic mass is 9.50. The van der Waals surface area contributed by atoms with Gasteiger partial charge in [0, 0.05) is 72.7 Å². The molecule has 8 aliphatic rings. The van der Waals surface area contributed by atoms with Crippen molar-refractivity contribution in [1.29, 1.82) is 0 Å². The van der Waals surface area contributed by atoms with Crippen LogP contribution in [0.1, 0.15) is 36.9 Å². The molecule has 1 N–H and O–H groups in total. The van der Waals surface area contributed by atoms with E-state index in [-0.39, 0.29) is 5.41 Å². The number of aromatic nitrogens is 1. The molecule has 0 saturated carbocycles. The van der Waals surface area contributed by atoms with E-state index in [2.05, 4.69) is 185 Å². The van der Waals surface area contributed by atoms with Crippen molar-refractivity contribution in [3.63, 3.8) is 0 Å². The highest BCUT2D eigenvalue weighted by Gasteiger charge is 2.62. The lowest BCUT2D eigenvalue weighted by Gasteiger charge is -2.62. The molecule has 9 unspecified atom stereocenters. The number of benzene rings is 2. The number of nitrogens with zero attached hydrogens (tertiary/aromatic N) is 1. The summed E-state index contributed by atoms with van der Waals surface area (Å²) >= 11 is 4.36. The van der Waals surface area contributed by atoms with Crippen molar-refractivity contribution in [1.82, 2.24) is 4.98 Å². The topological polar surface area (TPSA) is 19.0 Å². The second-order valence-corrected chi connectivity index (χ2v) is 18.0. The summed E-state index contributed by atoms with van der Waals surface area (Å²) in [5, 5.41) is 1.41. The van der Waals surface area contributed by atoms with Gasteiger partial charge in [0.25, 0.3) is 0 Å². The third kappa shape index (κ3) is 4.51. The fraction of sp³-hybridized carbons (Fsp3) is 0.277. The highest BCUT2D eigenvalue weighted by atomic mass is 32.2. The van der Waals surface area contributed by atoms with Crippen LogP contribution in [0.3, 0.4) is 0 Å². The van der Waals surface area contributed by atoms with Crippen LogP contribution in [0.5, 0.6) is 0 Å². The Balaban J connectivity index is 1.09. The first-order valence-electron chi connectivity index (χ1n) is 18.9. The number of thioether (sulfide) groups is 2. The van der Waals surface area contributed by atoms with Crippen LogP contribution in [-0.4, -0.2) is 26.8 Å². The largest absolute Gasteiger partial charge is 0.361 e. The molecule has 1 saturated heterocycles. The van der Waals surface area contributed by atoms with E-state index in [4.69, 9.17) is 0 Å². The number of fused-ring (bicyclic) bond motifs is 10. The molecule has 4 heteroatoms. The Morgan fingerprint density at radius 1 is 0.765 bits per heavy atom. The maximum Gasteiger partial charge on any atom is 0.0626 e. The summed E-state index contributed by atoms with van der Waals surface area (Å²) in [7, 11) is 0. The predicted octanol–water partition coefficient (Wildman–Crippen LogP) is 11.2. The van der Waals surface area contributed by atoms with Crippen LogP contribution >= 0.6 is 23.5 Å². The Morgan fingerprint density at radius 2 is 1.63 bits per heavy atom. The van der Waals surface area contributed by atoms with Gasteiger partial charge in [0.2, 0.25) is 0 Å². The molecule has 4 heterocycles. The number of hydrogen-bond donors (Lipinski definition) is 1. The van der Waals surface area contributed by atoms with Gasteiger partial charge >= 0.3 is 0 Å². The third-order valence-corrected chi connectivity index (χ3v) is 16.0. The van der Waals surface area contributed by atoms with Gasteiger partial charge in [0.15, 0.2) is 0 Å². The number of rotatable bonds is 3. The zero-order valence-corrected chi connectivity index (χ0v) is 30.3. The van der Waals surface area contributed by atoms with Crippen molar-refractivity contribution in [2.24, 2.45) is 23.7 Å². The fourth-order valence-corrected chi connectivity index (χ4v) is 14.4. The van der Waals surface area contributed by atoms with Gasteiger partial charge in [-0.2, -0.15) is 0 Å². The van der Waals surface area contributed by atoms with Crippen LogP contribution in [0.2, 0.25) is 0 Å². The minimum Gasteiger partial charge on any atom is -0.361 e. The summed E-state index contributed by atoms with van der Waals surface area (Å²) in [5.74, 6) is 1.79. The van der Waals surface area contributed by atoms with E-state index in [1.807, 2.05) is 0 Å². The molecular weight excluding hydrogens is 657 g/mol. The molecule has 1 spiro atoms. The highest BCUT2D eigenvalue weighted by molar-refractivity contribution is 8.01. The minimum atomic E-state index is -0.0111. The van der Waals surface area contributed by atoms with E-state index in [0.717, 1.165) is 25.7 Å². The van der Waals surface area contributed by atoms with Crippen molar-refractivity contribution in [2.45, 2.75) is 57.8 Å². The second-order valence-electron chi connectivity index (χ2n) is 15.3. The van der Waals surface area contributed by atoms with Gasteiger partial charge in [-0.1, -0.05) is 115 Å². The molecule has 3 aliphatic heterocycles. The molecule has 2 nitrogen and oxygen atoms in total. The van der Waals surface area contributed by atoms with Gasteiger partial charge in [-0.15, -0.1) is 23.5 Å². The Hall–Kier alpha value is -4.12. The van der Waals surface area contributed by atoms with Gasteiger partial charge in [-0.25, -0.2) is 0 Å². The van der Waals surface area contributed by atoms with Crippen molar-refractivity contribution in [2.75, 3.05) is 4.90 Å². The molecule has 0 bridgehead atoms. The van der Waals surface area contributed by atoms with Crippen LogP contribution in [0.25, 0.3) is 5.57 Å². The molecule has 9 atom stereocenters. The van der Waals surface area contributed by atoms with E-state index >= 15 is 0 Å². The second kappa shape index (κ2) is 12.0. The smallest absolute Gasteiger partial charge is 0.0626 e. The molecule has 3 aromatic rings. The minimum absolute atomic E-state index is 0.0111. The fourth-order valence-electron chi connectivity index (χ4n) is 11.1. The average Bonchev–Trinajstić information content (AvgIpc) is 3.85. The number of anilines is 1. The van der Waals surface area contributed by atoms with Crippen molar-refractivity contribution < 1.29 is 0 Å². The Kier molecular flexibility index (Phi) is 7.16. The monoisotopic (exact) mass is 698 g/mol. The summed E-state index contributed by atoms with van der Waals surface area (Å²) < 4.78 is 0. The highest BCUT2D eigenvalue weighted by Crippen LogP contribution is 2.67. The van der Waals surface area contributed by atoms with Gasteiger partial charge < -0.3 is 9.88 Å². The maximum atomic E-state index is 3.50. The summed E-state index contributed by atoms with van der Waals surface area (Å²) in [4.78, 5) is 7.67. The normalized spacial score (nSPS) is 35.3. The number of aromatic amines is 1. The van der Waals surface area contributed by atoms with E-state index in [0.29, 0.717) is 45.5 Å². The lowest BCUT2D eigenvalue weighted by Crippen LogP contribution is -2.61. The van der Waals surface area contributed by atoms with E-state index in [1.54, 1.807) is 11.1 Å². The third-order valence-electron chi connectivity index (χ3n) is 13.0.